The van der Waals surface area contributed by atoms with Gasteiger partial charge in [-0.1, -0.05) is 0 Å². The number of aromatic amines is 1. The second-order valence-electron chi connectivity index (χ2n) is 4.32. The maximum Gasteiger partial charge on any atom is 0.273 e. The molecule has 0 aromatic carbocycles. The number of hydrogen-bond acceptors (Lipinski definition) is 5. The first-order valence-corrected chi connectivity index (χ1v) is 8.08. The number of aryl methyl sites for hydroxylation is 1. The van der Waals surface area contributed by atoms with Crippen molar-refractivity contribution in [1.29, 1.82) is 0 Å². The summed E-state index contributed by atoms with van der Waals surface area (Å²) in [6.07, 6.45) is 1.39. The van der Waals surface area contributed by atoms with E-state index in [1.807, 2.05) is 0 Å². The largest absolute Gasteiger partial charge is 0.381 e. The second-order valence-corrected chi connectivity index (χ2v) is 6.83. The Kier molecular flexibility index (Phi) is 4.12. The zero-order chi connectivity index (χ0) is 14.0. The van der Waals surface area contributed by atoms with Gasteiger partial charge in [-0.2, -0.15) is 5.10 Å². The van der Waals surface area contributed by atoms with Crippen molar-refractivity contribution in [3.05, 3.63) is 11.4 Å². The third-order valence-corrected chi connectivity index (χ3v) is 4.36. The number of H-pyrrole nitrogens is 1. The normalized spacial score (nSPS) is 17.4. The number of nitrogens with zero attached hydrogens (tertiary/aromatic N) is 1. The first-order chi connectivity index (χ1) is 8.89. The molecule has 0 radical (unpaired) electrons. The molecule has 1 fully saturated rings. The quantitative estimate of drug-likeness (QED) is 0.794. The average molecular weight is 308 g/mol. The first kappa shape index (κ1) is 14.3. The molecule has 1 aromatic rings. The molecule has 2 heterocycles. The van der Waals surface area contributed by atoms with E-state index in [2.05, 4.69) is 15.5 Å². The monoisotopic (exact) mass is 307 g/mol. The molecule has 0 aliphatic carbocycles. The molecule has 2 N–H and O–H groups in total. The summed E-state index contributed by atoms with van der Waals surface area (Å²) in [5, 5.41) is 8.91. The van der Waals surface area contributed by atoms with E-state index in [1.165, 1.54) is 6.92 Å². The molecule has 0 spiro atoms. The zero-order valence-electron chi connectivity index (χ0n) is 10.3. The molecule has 1 aliphatic rings. The van der Waals surface area contributed by atoms with Gasteiger partial charge in [-0.3, -0.25) is 9.89 Å². The van der Waals surface area contributed by atoms with Gasteiger partial charge in [0.1, 0.15) is 4.90 Å². The highest BCUT2D eigenvalue weighted by Gasteiger charge is 2.28. The molecule has 0 saturated carbocycles. The van der Waals surface area contributed by atoms with Crippen molar-refractivity contribution in [1.82, 2.24) is 15.5 Å². The predicted octanol–water partition coefficient (Wildman–Crippen LogP) is 0.554. The van der Waals surface area contributed by atoms with E-state index in [1.54, 1.807) is 0 Å². The van der Waals surface area contributed by atoms with Gasteiger partial charge >= 0.3 is 0 Å². The lowest BCUT2D eigenvalue weighted by Crippen LogP contribution is -2.39. The van der Waals surface area contributed by atoms with Gasteiger partial charge < -0.3 is 10.1 Å². The fraction of sp³-hybridized carbons (Fsp3) is 0.600. The minimum absolute atomic E-state index is 0.0378. The van der Waals surface area contributed by atoms with Gasteiger partial charge in [-0.25, -0.2) is 8.42 Å². The van der Waals surface area contributed by atoms with Crippen LogP contribution in [0, 0.1) is 6.92 Å². The van der Waals surface area contributed by atoms with Gasteiger partial charge in [0.2, 0.25) is 0 Å². The second kappa shape index (κ2) is 5.48. The van der Waals surface area contributed by atoms with Crippen LogP contribution in [0.15, 0.2) is 4.90 Å². The van der Waals surface area contributed by atoms with Crippen LogP contribution in [0.3, 0.4) is 0 Å². The van der Waals surface area contributed by atoms with Crippen LogP contribution >= 0.6 is 10.7 Å². The third-order valence-electron chi connectivity index (χ3n) is 2.91. The summed E-state index contributed by atoms with van der Waals surface area (Å²) < 4.78 is 28.1. The lowest BCUT2D eigenvalue weighted by Gasteiger charge is -2.22. The summed E-state index contributed by atoms with van der Waals surface area (Å²) in [6, 6.07) is -0.0378. The number of ether oxygens (including phenoxy) is 1. The van der Waals surface area contributed by atoms with E-state index in [9.17, 15) is 13.2 Å². The highest BCUT2D eigenvalue weighted by atomic mass is 35.7. The van der Waals surface area contributed by atoms with Crippen LogP contribution in [-0.2, 0) is 13.8 Å². The van der Waals surface area contributed by atoms with E-state index in [4.69, 9.17) is 15.4 Å². The van der Waals surface area contributed by atoms with Crippen molar-refractivity contribution >= 4 is 25.6 Å². The Labute approximate surface area is 115 Å². The van der Waals surface area contributed by atoms with Crippen molar-refractivity contribution in [2.75, 3.05) is 13.2 Å². The SMILES string of the molecule is Cc1[nH]nc(C(=O)NC2CCOCC2)c1S(=O)(=O)Cl. The van der Waals surface area contributed by atoms with Crippen molar-refractivity contribution in [3.63, 3.8) is 0 Å². The maximum atomic E-state index is 12.0. The van der Waals surface area contributed by atoms with Gasteiger partial charge in [0, 0.05) is 29.9 Å². The van der Waals surface area contributed by atoms with E-state index in [0.717, 1.165) is 0 Å². The van der Waals surface area contributed by atoms with E-state index in [-0.39, 0.29) is 22.3 Å². The summed E-state index contributed by atoms with van der Waals surface area (Å²) in [7, 11) is 1.30. The number of aromatic nitrogens is 2. The summed E-state index contributed by atoms with van der Waals surface area (Å²) in [5.74, 6) is -0.546. The minimum atomic E-state index is -4.01. The number of carbonyl (C=O) groups excluding carboxylic acids is 1. The number of carbonyl (C=O) groups is 1. The van der Waals surface area contributed by atoms with Crippen LogP contribution in [-0.4, -0.2) is 43.8 Å². The minimum Gasteiger partial charge on any atom is -0.381 e. The topological polar surface area (TPSA) is 101 Å². The average Bonchev–Trinajstić information content (AvgIpc) is 2.72. The van der Waals surface area contributed by atoms with E-state index in [0.29, 0.717) is 26.1 Å². The molecule has 19 heavy (non-hydrogen) atoms. The van der Waals surface area contributed by atoms with Crippen LogP contribution in [0.4, 0.5) is 0 Å². The lowest BCUT2D eigenvalue weighted by atomic mass is 10.1. The molecule has 9 heteroatoms. The van der Waals surface area contributed by atoms with Crippen molar-refractivity contribution in [2.24, 2.45) is 0 Å². The van der Waals surface area contributed by atoms with Gasteiger partial charge in [0.25, 0.3) is 15.0 Å². The first-order valence-electron chi connectivity index (χ1n) is 5.78. The van der Waals surface area contributed by atoms with Crippen molar-refractivity contribution in [2.45, 2.75) is 30.7 Å². The fourth-order valence-electron chi connectivity index (χ4n) is 1.97. The highest BCUT2D eigenvalue weighted by molar-refractivity contribution is 8.13. The van der Waals surface area contributed by atoms with E-state index >= 15 is 0 Å². The molecule has 106 valence electrons. The van der Waals surface area contributed by atoms with E-state index < -0.39 is 15.0 Å². The highest BCUT2D eigenvalue weighted by Crippen LogP contribution is 2.22. The molecule has 0 atom stereocenters. The Hall–Kier alpha value is -1.12. The summed E-state index contributed by atoms with van der Waals surface area (Å²) in [6.45, 7) is 2.64. The lowest BCUT2D eigenvalue weighted by molar-refractivity contribution is 0.0692. The number of amides is 1. The van der Waals surface area contributed by atoms with Crippen LogP contribution < -0.4 is 5.32 Å². The summed E-state index contributed by atoms with van der Waals surface area (Å²) in [5.41, 5.74) is 0.0473. The number of hydrogen-bond donors (Lipinski definition) is 2. The molecular formula is C10H14ClN3O4S. The van der Waals surface area contributed by atoms with Crippen LogP contribution in [0.2, 0.25) is 0 Å². The maximum absolute atomic E-state index is 12.0. The predicted molar refractivity (Wildman–Crippen MR) is 67.7 cm³/mol. The zero-order valence-corrected chi connectivity index (χ0v) is 11.8. The summed E-state index contributed by atoms with van der Waals surface area (Å²) >= 11 is 0. The van der Waals surface area contributed by atoms with Gasteiger partial charge in [-0.05, 0) is 19.8 Å². The van der Waals surface area contributed by atoms with Crippen molar-refractivity contribution in [3.8, 4) is 0 Å². The molecule has 2 rings (SSSR count). The molecule has 1 aliphatic heterocycles. The van der Waals surface area contributed by atoms with Gasteiger partial charge in [0.15, 0.2) is 5.69 Å². The summed E-state index contributed by atoms with van der Waals surface area (Å²) in [4.78, 5) is 11.8. The Morgan fingerprint density at radius 2 is 2.11 bits per heavy atom. The van der Waals surface area contributed by atoms with Crippen LogP contribution in [0.25, 0.3) is 0 Å². The molecular weight excluding hydrogens is 294 g/mol. The molecule has 7 nitrogen and oxygen atoms in total. The van der Waals surface area contributed by atoms with Gasteiger partial charge in [-0.15, -0.1) is 0 Å². The Morgan fingerprint density at radius 3 is 2.68 bits per heavy atom. The molecule has 1 aromatic heterocycles. The number of rotatable bonds is 3. The fourth-order valence-corrected chi connectivity index (χ4v) is 3.31. The molecule has 1 amide bonds. The van der Waals surface area contributed by atoms with Crippen LogP contribution in [0.5, 0.6) is 0 Å². The number of halogens is 1. The third kappa shape index (κ3) is 3.26. The van der Waals surface area contributed by atoms with Gasteiger partial charge in [0.05, 0.1) is 5.69 Å². The van der Waals surface area contributed by atoms with Crippen LogP contribution in [0.1, 0.15) is 29.0 Å². The Balaban J connectivity index is 2.20. The number of nitrogens with one attached hydrogen (secondary N) is 2. The Bertz CT molecular complexity index is 578. The molecule has 0 unspecified atom stereocenters. The van der Waals surface area contributed by atoms with Crippen molar-refractivity contribution < 1.29 is 17.9 Å². The standard InChI is InChI=1S/C10H14ClN3O4S/c1-6-9(19(11,16)17)8(14-13-6)10(15)12-7-2-4-18-5-3-7/h7H,2-5H2,1H3,(H,12,15)(H,13,14). The smallest absolute Gasteiger partial charge is 0.273 e. The molecule has 1 saturated heterocycles. The molecule has 0 bridgehead atoms. The Morgan fingerprint density at radius 1 is 1.47 bits per heavy atom.